The second-order valence-corrected chi connectivity index (χ2v) is 8.21. The molecule has 0 aromatic carbocycles. The largest absolute Gasteiger partial charge is 0.456 e. The maximum atomic E-state index is 12.0. The van der Waals surface area contributed by atoms with Crippen LogP contribution in [0, 0.1) is 11.3 Å². The van der Waals surface area contributed by atoms with Crippen LogP contribution in [0.3, 0.4) is 0 Å². The van der Waals surface area contributed by atoms with Gasteiger partial charge in [-0.3, -0.25) is 0 Å². The zero-order valence-electron chi connectivity index (χ0n) is 13.3. The molecule has 22 heavy (non-hydrogen) atoms. The van der Waals surface area contributed by atoms with E-state index in [1.54, 1.807) is 49.5 Å². The Morgan fingerprint density at radius 3 is 2.41 bits per heavy atom. The highest BCUT2D eigenvalue weighted by Gasteiger charge is 2.20. The van der Waals surface area contributed by atoms with E-state index in [0.29, 0.717) is 0 Å². The lowest BCUT2D eigenvalue weighted by Gasteiger charge is -2.18. The molecule has 0 N–H and O–H groups in total. The Morgan fingerprint density at radius 2 is 1.91 bits per heavy atom. The van der Waals surface area contributed by atoms with Crippen molar-refractivity contribution in [3.63, 3.8) is 0 Å². The zero-order chi connectivity index (χ0) is 16.5. The van der Waals surface area contributed by atoms with Gasteiger partial charge >= 0.3 is 5.97 Å². The van der Waals surface area contributed by atoms with Crippen molar-refractivity contribution in [2.45, 2.75) is 26.4 Å². The van der Waals surface area contributed by atoms with Gasteiger partial charge in [-0.25, -0.2) is 4.79 Å². The molecule has 0 spiro atoms. The minimum absolute atomic E-state index is 0.0247. The molecule has 0 aliphatic rings. The highest BCUT2D eigenvalue weighted by Crippen LogP contribution is 2.37. The summed E-state index contributed by atoms with van der Waals surface area (Å²) < 4.78 is 7.55. The molecule has 0 radical (unpaired) electrons. The van der Waals surface area contributed by atoms with E-state index in [0.717, 1.165) is 14.3 Å². The van der Waals surface area contributed by atoms with Crippen molar-refractivity contribution in [2.75, 3.05) is 19.0 Å². The van der Waals surface area contributed by atoms with Crippen LogP contribution in [0.2, 0.25) is 0 Å². The molecule has 0 saturated heterocycles. The third kappa shape index (κ3) is 3.87. The lowest BCUT2D eigenvalue weighted by atomic mass is 10.2. The number of carbonyl (C=O) groups is 1. The number of thiophene rings is 2. The summed E-state index contributed by atoms with van der Waals surface area (Å²) in [7, 11) is 4.01. The highest BCUT2D eigenvalue weighted by molar-refractivity contribution is 7.30. The zero-order valence-corrected chi connectivity index (χ0v) is 14.9. The highest BCUT2D eigenvalue weighted by atomic mass is 32.1. The van der Waals surface area contributed by atoms with Crippen LogP contribution >= 0.6 is 22.7 Å². The van der Waals surface area contributed by atoms with Gasteiger partial charge in [0.1, 0.15) is 17.2 Å². The topological polar surface area (TPSA) is 53.3 Å². The summed E-state index contributed by atoms with van der Waals surface area (Å²) in [4.78, 5) is 14.9. The van der Waals surface area contributed by atoms with Gasteiger partial charge < -0.3 is 9.64 Å². The Balaban J connectivity index is 2.28. The molecule has 0 unspecified atom stereocenters. The molecular weight excluding hydrogens is 316 g/mol. The number of carbonyl (C=O) groups excluding carboxylic acids is 1. The number of nitrogens with zero attached hydrogens (tertiary/aromatic N) is 2. The van der Waals surface area contributed by atoms with Gasteiger partial charge in [-0.1, -0.05) is 0 Å². The molecule has 2 aromatic heterocycles. The first kappa shape index (κ1) is 16.5. The SMILES string of the molecule is CN(C)c1cc2sc(/C=C(\C#N)C(=O)OC(C)(C)C)cc2s1. The maximum absolute atomic E-state index is 12.0. The smallest absolute Gasteiger partial charge is 0.349 e. The normalized spacial score (nSPS) is 12.3. The first-order valence-corrected chi connectivity index (χ1v) is 8.39. The maximum Gasteiger partial charge on any atom is 0.349 e. The van der Waals surface area contributed by atoms with Crippen LogP contribution in [0.15, 0.2) is 17.7 Å². The summed E-state index contributed by atoms with van der Waals surface area (Å²) in [5, 5.41) is 10.4. The van der Waals surface area contributed by atoms with E-state index in [2.05, 4.69) is 11.0 Å². The van der Waals surface area contributed by atoms with Crippen molar-refractivity contribution in [1.82, 2.24) is 0 Å². The molecule has 0 saturated carbocycles. The first-order chi connectivity index (χ1) is 10.2. The van der Waals surface area contributed by atoms with Gasteiger partial charge in [-0.05, 0) is 39.0 Å². The third-order valence-corrected chi connectivity index (χ3v) is 5.09. The molecule has 0 atom stereocenters. The molecule has 4 nitrogen and oxygen atoms in total. The predicted molar refractivity (Wildman–Crippen MR) is 93.5 cm³/mol. The van der Waals surface area contributed by atoms with Gasteiger partial charge in [-0.15, -0.1) is 22.7 Å². The summed E-state index contributed by atoms with van der Waals surface area (Å²) in [6, 6.07) is 6.04. The number of rotatable bonds is 3. The molecule has 0 aliphatic carbocycles. The van der Waals surface area contributed by atoms with Crippen molar-refractivity contribution in [3.8, 4) is 6.07 Å². The second-order valence-electron chi connectivity index (χ2n) is 6.03. The summed E-state index contributed by atoms with van der Waals surface area (Å²) in [5.41, 5.74) is -0.583. The van der Waals surface area contributed by atoms with Crippen molar-refractivity contribution < 1.29 is 9.53 Å². The minimum Gasteiger partial charge on any atom is -0.456 e. The van der Waals surface area contributed by atoms with Crippen LogP contribution in [0.5, 0.6) is 0 Å². The third-order valence-electron chi connectivity index (χ3n) is 2.68. The molecule has 2 rings (SSSR count). The lowest BCUT2D eigenvalue weighted by Crippen LogP contribution is -2.24. The van der Waals surface area contributed by atoms with Crippen LogP contribution < -0.4 is 4.90 Å². The number of anilines is 1. The number of hydrogen-bond acceptors (Lipinski definition) is 6. The Kier molecular flexibility index (Phi) is 4.59. The molecule has 0 aliphatic heterocycles. The molecule has 0 bridgehead atoms. The van der Waals surface area contributed by atoms with Crippen molar-refractivity contribution >= 4 is 49.1 Å². The molecular formula is C16H18N2O2S2. The van der Waals surface area contributed by atoms with E-state index in [1.807, 2.05) is 26.2 Å². The number of ether oxygens (including phenoxy) is 1. The van der Waals surface area contributed by atoms with Crippen LogP contribution in [0.1, 0.15) is 25.6 Å². The average molecular weight is 334 g/mol. The van der Waals surface area contributed by atoms with Gasteiger partial charge in [0, 0.05) is 28.4 Å². The number of hydrogen-bond donors (Lipinski definition) is 0. The monoisotopic (exact) mass is 334 g/mol. The standard InChI is InChI=1S/C16H18N2O2S2/c1-16(2,3)20-15(19)10(9-17)6-11-7-12-13(21-11)8-14(22-12)18(4)5/h6-8H,1-5H3/b10-6+. The quantitative estimate of drug-likeness (QED) is 0.478. The first-order valence-electron chi connectivity index (χ1n) is 6.75. The van der Waals surface area contributed by atoms with E-state index in [1.165, 1.54) is 5.00 Å². The Labute approximate surface area is 138 Å². The van der Waals surface area contributed by atoms with Gasteiger partial charge in [-0.2, -0.15) is 5.26 Å². The molecule has 0 fully saturated rings. The van der Waals surface area contributed by atoms with Gasteiger partial charge in [0.25, 0.3) is 0 Å². The Bertz CT molecular complexity index is 739. The molecule has 0 amide bonds. The van der Waals surface area contributed by atoms with E-state index < -0.39 is 11.6 Å². The summed E-state index contributed by atoms with van der Waals surface area (Å²) in [6.07, 6.45) is 1.60. The number of nitriles is 1. The Morgan fingerprint density at radius 1 is 1.27 bits per heavy atom. The van der Waals surface area contributed by atoms with Crippen molar-refractivity contribution in [1.29, 1.82) is 5.26 Å². The fourth-order valence-corrected chi connectivity index (χ4v) is 4.01. The van der Waals surface area contributed by atoms with E-state index >= 15 is 0 Å². The fourth-order valence-electron chi connectivity index (χ4n) is 1.75. The Hall–Kier alpha value is -1.84. The lowest BCUT2D eigenvalue weighted by molar-refractivity contribution is -0.149. The van der Waals surface area contributed by atoms with Gasteiger partial charge in [0.2, 0.25) is 0 Å². The van der Waals surface area contributed by atoms with E-state index in [9.17, 15) is 10.1 Å². The molecule has 116 valence electrons. The van der Waals surface area contributed by atoms with Crippen LogP contribution in [0.4, 0.5) is 5.00 Å². The average Bonchev–Trinajstić information content (AvgIpc) is 2.91. The summed E-state index contributed by atoms with van der Waals surface area (Å²) >= 11 is 3.25. The van der Waals surface area contributed by atoms with E-state index in [4.69, 9.17) is 4.74 Å². The van der Waals surface area contributed by atoms with Crippen LogP contribution in [-0.4, -0.2) is 25.7 Å². The summed E-state index contributed by atoms with van der Waals surface area (Å²) in [6.45, 7) is 5.34. The summed E-state index contributed by atoms with van der Waals surface area (Å²) in [5.74, 6) is -0.583. The van der Waals surface area contributed by atoms with Crippen molar-refractivity contribution in [2.24, 2.45) is 0 Å². The number of esters is 1. The molecule has 2 heterocycles. The van der Waals surface area contributed by atoms with Crippen molar-refractivity contribution in [3.05, 3.63) is 22.6 Å². The van der Waals surface area contributed by atoms with Gasteiger partial charge in [0.15, 0.2) is 0 Å². The predicted octanol–water partition coefficient (Wildman–Crippen LogP) is 4.28. The number of fused-ring (bicyclic) bond motifs is 1. The molecule has 2 aromatic rings. The van der Waals surface area contributed by atoms with E-state index in [-0.39, 0.29) is 5.57 Å². The second kappa shape index (κ2) is 6.11. The van der Waals surface area contributed by atoms with Gasteiger partial charge in [0.05, 0.1) is 5.00 Å². The van der Waals surface area contributed by atoms with Crippen LogP contribution in [0.25, 0.3) is 15.5 Å². The fraction of sp³-hybridized carbons (Fsp3) is 0.375. The molecule has 6 heteroatoms. The minimum atomic E-state index is -0.608. The van der Waals surface area contributed by atoms with Crippen LogP contribution in [-0.2, 0) is 9.53 Å².